The van der Waals surface area contributed by atoms with Crippen LogP contribution in [0.25, 0.3) is 0 Å². The van der Waals surface area contributed by atoms with Crippen molar-refractivity contribution >= 4 is 23.5 Å². The lowest BCUT2D eigenvalue weighted by molar-refractivity contribution is 0.101. The molecule has 1 aliphatic heterocycles. The van der Waals surface area contributed by atoms with Crippen LogP contribution < -0.4 is 0 Å². The highest BCUT2D eigenvalue weighted by Crippen LogP contribution is 2.18. The number of fused-ring (bicyclic) bond motifs is 1. The van der Waals surface area contributed by atoms with Crippen LogP contribution in [-0.2, 0) is 0 Å². The summed E-state index contributed by atoms with van der Waals surface area (Å²) >= 11 is 1.53. The number of carbonyl (C=O) groups excluding carboxylic acids is 1. The molecule has 9 heavy (non-hydrogen) atoms. The van der Waals surface area contributed by atoms with Crippen LogP contribution in [0.1, 0.15) is 15.9 Å². The van der Waals surface area contributed by atoms with Crippen molar-refractivity contribution in [3.05, 3.63) is 21.9 Å². The second-order valence-corrected chi connectivity index (χ2v) is 2.55. The summed E-state index contributed by atoms with van der Waals surface area (Å²) in [6.07, 6.45) is 1.61. The number of thiophene rings is 1. The molecular weight excluding hydrogens is 134 g/mol. The fourth-order valence-electron chi connectivity index (χ4n) is 0.778. The molecular formula is C6H3NOS. The largest absolute Gasteiger partial charge is 0.278 e. The molecule has 0 bridgehead atoms. The first-order chi connectivity index (χ1) is 4.38. The Morgan fingerprint density at radius 2 is 2.33 bits per heavy atom. The third-order valence-corrected chi connectivity index (χ3v) is 2.01. The van der Waals surface area contributed by atoms with E-state index in [-0.39, 0.29) is 5.91 Å². The normalized spacial score (nSPS) is 14.4. The lowest BCUT2D eigenvalue weighted by atomic mass is 10.2. The lowest BCUT2D eigenvalue weighted by Crippen LogP contribution is -1.84. The molecule has 0 atom stereocenters. The predicted octanol–water partition coefficient (Wildman–Crippen LogP) is 1.32. The Labute approximate surface area is 55.9 Å². The highest BCUT2D eigenvalue weighted by molar-refractivity contribution is 7.08. The standard InChI is InChI=1S/C6H3NOS/c8-6-5-3-9-2-4(5)1-7-6/h1-3H. The quantitative estimate of drug-likeness (QED) is 0.530. The first-order valence-corrected chi connectivity index (χ1v) is 3.47. The van der Waals surface area contributed by atoms with E-state index in [1.807, 2.05) is 10.8 Å². The Kier molecular flexibility index (Phi) is 0.818. The first-order valence-electron chi connectivity index (χ1n) is 2.52. The molecule has 0 aromatic carbocycles. The van der Waals surface area contributed by atoms with Crippen LogP contribution in [0.3, 0.4) is 0 Å². The number of hydrogen-bond acceptors (Lipinski definition) is 2. The van der Waals surface area contributed by atoms with E-state index < -0.39 is 0 Å². The molecule has 0 radical (unpaired) electrons. The zero-order chi connectivity index (χ0) is 6.27. The summed E-state index contributed by atoms with van der Waals surface area (Å²) in [5.74, 6) is -0.105. The lowest BCUT2D eigenvalue weighted by Gasteiger charge is -1.77. The van der Waals surface area contributed by atoms with E-state index in [9.17, 15) is 4.79 Å². The number of carbonyl (C=O) groups is 1. The molecule has 0 unspecified atom stereocenters. The van der Waals surface area contributed by atoms with E-state index in [0.717, 1.165) is 11.1 Å². The van der Waals surface area contributed by atoms with Crippen molar-refractivity contribution in [2.24, 2.45) is 4.99 Å². The Morgan fingerprint density at radius 3 is 3.11 bits per heavy atom. The average Bonchev–Trinajstić information content (AvgIpc) is 2.35. The van der Waals surface area contributed by atoms with Crippen LogP contribution in [-0.4, -0.2) is 12.1 Å². The van der Waals surface area contributed by atoms with Gasteiger partial charge < -0.3 is 0 Å². The van der Waals surface area contributed by atoms with Crippen molar-refractivity contribution in [3.63, 3.8) is 0 Å². The van der Waals surface area contributed by atoms with Crippen molar-refractivity contribution in [3.8, 4) is 0 Å². The van der Waals surface area contributed by atoms with Gasteiger partial charge in [-0.2, -0.15) is 11.3 Å². The second-order valence-electron chi connectivity index (χ2n) is 1.80. The predicted molar refractivity (Wildman–Crippen MR) is 36.2 cm³/mol. The minimum atomic E-state index is -0.105. The van der Waals surface area contributed by atoms with E-state index in [1.54, 1.807) is 6.21 Å². The average molecular weight is 137 g/mol. The van der Waals surface area contributed by atoms with Crippen LogP contribution in [0.5, 0.6) is 0 Å². The molecule has 1 aromatic heterocycles. The summed E-state index contributed by atoms with van der Waals surface area (Å²) in [4.78, 5) is 14.3. The molecule has 0 saturated carbocycles. The monoisotopic (exact) mass is 137 g/mol. The SMILES string of the molecule is O=C1N=Cc2cscc21. The van der Waals surface area contributed by atoms with E-state index in [1.165, 1.54) is 11.3 Å². The first kappa shape index (κ1) is 4.88. The minimum absolute atomic E-state index is 0.105. The smallest absolute Gasteiger partial charge is 0.267 e. The summed E-state index contributed by atoms with van der Waals surface area (Å²) in [6.45, 7) is 0. The molecule has 2 nitrogen and oxygen atoms in total. The summed E-state index contributed by atoms with van der Waals surface area (Å²) in [5.41, 5.74) is 1.71. The molecule has 2 heterocycles. The number of amides is 1. The second kappa shape index (κ2) is 1.51. The van der Waals surface area contributed by atoms with E-state index in [2.05, 4.69) is 4.99 Å². The molecule has 0 N–H and O–H groups in total. The topological polar surface area (TPSA) is 29.4 Å². The number of nitrogens with zero attached hydrogens (tertiary/aromatic N) is 1. The van der Waals surface area contributed by atoms with Crippen molar-refractivity contribution in [1.82, 2.24) is 0 Å². The van der Waals surface area contributed by atoms with Gasteiger partial charge in [-0.1, -0.05) is 0 Å². The molecule has 44 valence electrons. The molecule has 0 spiro atoms. The van der Waals surface area contributed by atoms with Gasteiger partial charge in [0.2, 0.25) is 0 Å². The summed E-state index contributed by atoms with van der Waals surface area (Å²) in [5, 5.41) is 3.74. The maximum absolute atomic E-state index is 10.7. The highest BCUT2D eigenvalue weighted by Gasteiger charge is 2.14. The molecule has 1 amide bonds. The van der Waals surface area contributed by atoms with E-state index in [0.29, 0.717) is 0 Å². The Morgan fingerprint density at radius 1 is 1.44 bits per heavy atom. The molecule has 0 saturated heterocycles. The van der Waals surface area contributed by atoms with Crippen molar-refractivity contribution in [1.29, 1.82) is 0 Å². The van der Waals surface area contributed by atoms with Gasteiger partial charge in [0.15, 0.2) is 0 Å². The number of aliphatic imine (C=N–C) groups is 1. The minimum Gasteiger partial charge on any atom is -0.267 e. The van der Waals surface area contributed by atoms with Gasteiger partial charge in [0.25, 0.3) is 5.91 Å². The van der Waals surface area contributed by atoms with Crippen LogP contribution >= 0.6 is 11.3 Å². The van der Waals surface area contributed by atoms with Gasteiger partial charge in [0.05, 0.1) is 5.56 Å². The zero-order valence-corrected chi connectivity index (χ0v) is 5.31. The number of rotatable bonds is 0. The van der Waals surface area contributed by atoms with Crippen LogP contribution in [0, 0.1) is 0 Å². The van der Waals surface area contributed by atoms with Crippen LogP contribution in [0.15, 0.2) is 15.8 Å². The van der Waals surface area contributed by atoms with Gasteiger partial charge in [-0.15, -0.1) is 0 Å². The van der Waals surface area contributed by atoms with Crippen LogP contribution in [0.4, 0.5) is 0 Å². The third-order valence-electron chi connectivity index (χ3n) is 1.24. The van der Waals surface area contributed by atoms with Crippen molar-refractivity contribution < 1.29 is 4.79 Å². The van der Waals surface area contributed by atoms with Crippen LogP contribution in [0.2, 0.25) is 0 Å². The Bertz CT molecular complexity index is 287. The zero-order valence-electron chi connectivity index (χ0n) is 4.50. The molecule has 3 heteroatoms. The Hall–Kier alpha value is -0.960. The van der Waals surface area contributed by atoms with E-state index in [4.69, 9.17) is 0 Å². The van der Waals surface area contributed by atoms with E-state index >= 15 is 0 Å². The maximum Gasteiger partial charge on any atom is 0.278 e. The molecule has 0 aliphatic carbocycles. The van der Waals surface area contributed by atoms with Gasteiger partial charge in [-0.25, -0.2) is 4.99 Å². The van der Waals surface area contributed by atoms with Gasteiger partial charge in [0.1, 0.15) is 0 Å². The highest BCUT2D eigenvalue weighted by atomic mass is 32.1. The molecule has 0 fully saturated rings. The van der Waals surface area contributed by atoms with Gasteiger partial charge in [-0.05, 0) is 0 Å². The molecule has 1 aliphatic rings. The van der Waals surface area contributed by atoms with Gasteiger partial charge in [-0.3, -0.25) is 4.79 Å². The van der Waals surface area contributed by atoms with Crippen molar-refractivity contribution in [2.75, 3.05) is 0 Å². The maximum atomic E-state index is 10.7. The fourth-order valence-corrected chi connectivity index (χ4v) is 1.55. The Balaban J connectivity index is 2.73. The van der Waals surface area contributed by atoms with Gasteiger partial charge in [0, 0.05) is 22.5 Å². The molecule has 2 rings (SSSR count). The number of hydrogen-bond donors (Lipinski definition) is 0. The summed E-state index contributed by atoms with van der Waals surface area (Å²) in [7, 11) is 0. The summed E-state index contributed by atoms with van der Waals surface area (Å²) < 4.78 is 0. The fraction of sp³-hybridized carbons (Fsp3) is 0. The summed E-state index contributed by atoms with van der Waals surface area (Å²) in [6, 6.07) is 0. The van der Waals surface area contributed by atoms with Crippen molar-refractivity contribution in [2.45, 2.75) is 0 Å². The third kappa shape index (κ3) is 0.549. The molecule has 1 aromatic rings. The van der Waals surface area contributed by atoms with Gasteiger partial charge >= 0.3 is 0 Å².